The van der Waals surface area contributed by atoms with Crippen molar-refractivity contribution in [3.8, 4) is 0 Å². The first kappa shape index (κ1) is 15.0. The Balaban J connectivity index is 0.00000162. The van der Waals surface area contributed by atoms with E-state index in [1.54, 1.807) is 12.0 Å². The SMILES string of the molecule is COCC(N)C(=O)N1CCc2cc(C)ccc21.Cl. The van der Waals surface area contributed by atoms with Gasteiger partial charge in [0.2, 0.25) is 5.91 Å². The first-order valence-electron chi connectivity index (χ1n) is 5.79. The highest BCUT2D eigenvalue weighted by Gasteiger charge is 2.28. The molecular formula is C13H19ClN2O2. The first-order chi connectivity index (χ1) is 8.13. The van der Waals surface area contributed by atoms with E-state index in [4.69, 9.17) is 10.5 Å². The number of fused-ring (bicyclic) bond motifs is 1. The third kappa shape index (κ3) is 2.83. The zero-order valence-corrected chi connectivity index (χ0v) is 11.5. The number of carbonyl (C=O) groups excluding carboxylic acids is 1. The van der Waals surface area contributed by atoms with E-state index in [1.807, 2.05) is 12.1 Å². The molecule has 1 heterocycles. The van der Waals surface area contributed by atoms with E-state index in [0.717, 1.165) is 18.7 Å². The second kappa shape index (κ2) is 6.18. The van der Waals surface area contributed by atoms with Crippen LogP contribution in [0.5, 0.6) is 0 Å². The maximum absolute atomic E-state index is 12.1. The summed E-state index contributed by atoms with van der Waals surface area (Å²) < 4.78 is 4.92. The van der Waals surface area contributed by atoms with E-state index in [2.05, 4.69) is 13.0 Å². The number of anilines is 1. The molecule has 0 spiro atoms. The lowest BCUT2D eigenvalue weighted by molar-refractivity contribution is -0.120. The van der Waals surface area contributed by atoms with Gasteiger partial charge in [-0.3, -0.25) is 4.79 Å². The molecule has 1 aromatic rings. The summed E-state index contributed by atoms with van der Waals surface area (Å²) in [5, 5.41) is 0. The molecule has 1 unspecified atom stereocenters. The number of aryl methyl sites for hydroxylation is 1. The minimum Gasteiger partial charge on any atom is -0.383 e. The second-order valence-corrected chi connectivity index (χ2v) is 4.43. The van der Waals surface area contributed by atoms with Gasteiger partial charge in [-0.2, -0.15) is 0 Å². The lowest BCUT2D eigenvalue weighted by atomic mass is 10.1. The molecule has 0 saturated carbocycles. The average Bonchev–Trinajstić information content (AvgIpc) is 2.71. The molecule has 4 nitrogen and oxygen atoms in total. The van der Waals surface area contributed by atoms with Gasteiger partial charge in [0.25, 0.3) is 0 Å². The predicted octanol–water partition coefficient (Wildman–Crippen LogP) is 1.28. The van der Waals surface area contributed by atoms with Crippen LogP contribution in [0.25, 0.3) is 0 Å². The van der Waals surface area contributed by atoms with E-state index in [1.165, 1.54) is 11.1 Å². The van der Waals surface area contributed by atoms with Crippen LogP contribution < -0.4 is 10.6 Å². The highest BCUT2D eigenvalue weighted by molar-refractivity contribution is 5.99. The van der Waals surface area contributed by atoms with Crippen molar-refractivity contribution in [2.24, 2.45) is 5.73 Å². The summed E-state index contributed by atoms with van der Waals surface area (Å²) in [7, 11) is 1.55. The van der Waals surface area contributed by atoms with E-state index < -0.39 is 6.04 Å². The first-order valence-corrected chi connectivity index (χ1v) is 5.79. The van der Waals surface area contributed by atoms with E-state index in [9.17, 15) is 4.79 Å². The lowest BCUT2D eigenvalue weighted by Gasteiger charge is -2.21. The molecule has 1 aliphatic heterocycles. The fourth-order valence-electron chi connectivity index (χ4n) is 2.21. The minimum absolute atomic E-state index is 0. The van der Waals surface area contributed by atoms with Gasteiger partial charge in [0.05, 0.1) is 6.61 Å². The van der Waals surface area contributed by atoms with Crippen molar-refractivity contribution < 1.29 is 9.53 Å². The van der Waals surface area contributed by atoms with Crippen molar-refractivity contribution in [1.82, 2.24) is 0 Å². The van der Waals surface area contributed by atoms with Gasteiger partial charge >= 0.3 is 0 Å². The van der Waals surface area contributed by atoms with Gasteiger partial charge < -0.3 is 15.4 Å². The quantitative estimate of drug-likeness (QED) is 0.900. The molecule has 1 aromatic carbocycles. The van der Waals surface area contributed by atoms with Crippen molar-refractivity contribution in [3.05, 3.63) is 29.3 Å². The Kier molecular flexibility index (Phi) is 5.14. The van der Waals surface area contributed by atoms with Crippen LogP contribution in [-0.4, -0.2) is 32.2 Å². The summed E-state index contributed by atoms with van der Waals surface area (Å²) >= 11 is 0. The summed E-state index contributed by atoms with van der Waals surface area (Å²) in [6, 6.07) is 5.57. The van der Waals surface area contributed by atoms with Crippen LogP contribution in [0.4, 0.5) is 5.69 Å². The topological polar surface area (TPSA) is 55.6 Å². The number of benzene rings is 1. The Labute approximate surface area is 114 Å². The zero-order chi connectivity index (χ0) is 12.4. The second-order valence-electron chi connectivity index (χ2n) is 4.43. The molecule has 18 heavy (non-hydrogen) atoms. The molecule has 1 atom stereocenters. The van der Waals surface area contributed by atoms with E-state index >= 15 is 0 Å². The van der Waals surface area contributed by atoms with Crippen molar-refractivity contribution in [1.29, 1.82) is 0 Å². The number of rotatable bonds is 3. The van der Waals surface area contributed by atoms with Crippen molar-refractivity contribution in [3.63, 3.8) is 0 Å². The Hall–Kier alpha value is -1.10. The molecule has 1 aliphatic rings. The fraction of sp³-hybridized carbons (Fsp3) is 0.462. The number of halogens is 1. The molecule has 100 valence electrons. The van der Waals surface area contributed by atoms with Crippen LogP contribution in [0.3, 0.4) is 0 Å². The molecule has 0 radical (unpaired) electrons. The molecule has 2 N–H and O–H groups in total. The lowest BCUT2D eigenvalue weighted by Crippen LogP contribution is -2.45. The predicted molar refractivity (Wildman–Crippen MR) is 74.3 cm³/mol. The molecule has 2 rings (SSSR count). The highest BCUT2D eigenvalue weighted by Crippen LogP contribution is 2.29. The molecule has 0 saturated heterocycles. The number of carbonyl (C=O) groups is 1. The smallest absolute Gasteiger partial charge is 0.246 e. The number of hydrogen-bond donors (Lipinski definition) is 1. The van der Waals surface area contributed by atoms with Crippen molar-refractivity contribution in [2.75, 3.05) is 25.2 Å². The van der Waals surface area contributed by atoms with Gasteiger partial charge in [-0.1, -0.05) is 17.7 Å². The van der Waals surface area contributed by atoms with Crippen LogP contribution in [0.15, 0.2) is 18.2 Å². The molecule has 0 aromatic heterocycles. The van der Waals surface area contributed by atoms with Crippen LogP contribution in [0.2, 0.25) is 0 Å². The Morgan fingerprint density at radius 2 is 2.28 bits per heavy atom. The summed E-state index contributed by atoms with van der Waals surface area (Å²) in [6.45, 7) is 3.03. The number of methoxy groups -OCH3 is 1. The van der Waals surface area contributed by atoms with Gasteiger partial charge in [0, 0.05) is 19.3 Å². The van der Waals surface area contributed by atoms with Crippen LogP contribution in [0, 0.1) is 6.92 Å². The highest BCUT2D eigenvalue weighted by atomic mass is 35.5. The fourth-order valence-corrected chi connectivity index (χ4v) is 2.21. The minimum atomic E-state index is -0.577. The largest absolute Gasteiger partial charge is 0.383 e. The van der Waals surface area contributed by atoms with Crippen molar-refractivity contribution >= 4 is 24.0 Å². The average molecular weight is 271 g/mol. The van der Waals surface area contributed by atoms with Crippen LogP contribution in [0.1, 0.15) is 11.1 Å². The summed E-state index contributed by atoms with van der Waals surface area (Å²) in [6.07, 6.45) is 0.905. The van der Waals surface area contributed by atoms with Gasteiger partial charge in [0.15, 0.2) is 0 Å². The summed E-state index contributed by atoms with van der Waals surface area (Å²) in [5.41, 5.74) is 9.22. The standard InChI is InChI=1S/C13H18N2O2.ClH/c1-9-3-4-12-10(7-9)5-6-15(12)13(16)11(14)8-17-2;/h3-4,7,11H,5-6,8,14H2,1-2H3;1H. The molecular weight excluding hydrogens is 252 g/mol. The van der Waals surface area contributed by atoms with Gasteiger partial charge in [0.1, 0.15) is 6.04 Å². The Morgan fingerprint density at radius 3 is 2.94 bits per heavy atom. The van der Waals surface area contributed by atoms with Crippen LogP contribution in [-0.2, 0) is 16.0 Å². The zero-order valence-electron chi connectivity index (χ0n) is 10.7. The van der Waals surface area contributed by atoms with Gasteiger partial charge in [-0.05, 0) is 25.0 Å². The maximum atomic E-state index is 12.1. The maximum Gasteiger partial charge on any atom is 0.246 e. The van der Waals surface area contributed by atoms with Gasteiger partial charge in [-0.15, -0.1) is 12.4 Å². The summed E-state index contributed by atoms with van der Waals surface area (Å²) in [4.78, 5) is 13.9. The molecule has 0 aliphatic carbocycles. The molecule has 5 heteroatoms. The Morgan fingerprint density at radius 1 is 1.56 bits per heavy atom. The van der Waals surface area contributed by atoms with Crippen molar-refractivity contribution in [2.45, 2.75) is 19.4 Å². The molecule has 0 fully saturated rings. The van der Waals surface area contributed by atoms with Crippen LogP contribution >= 0.6 is 12.4 Å². The number of hydrogen-bond acceptors (Lipinski definition) is 3. The normalized spacial score (nSPS) is 14.9. The summed E-state index contributed by atoms with van der Waals surface area (Å²) in [5.74, 6) is -0.0607. The molecule has 1 amide bonds. The number of ether oxygens (including phenoxy) is 1. The molecule has 0 bridgehead atoms. The van der Waals surface area contributed by atoms with E-state index in [0.29, 0.717) is 0 Å². The van der Waals surface area contributed by atoms with Gasteiger partial charge in [-0.25, -0.2) is 0 Å². The number of nitrogens with zero attached hydrogens (tertiary/aromatic N) is 1. The third-order valence-corrected chi connectivity index (χ3v) is 3.06. The number of amides is 1. The Bertz CT molecular complexity index is 437. The monoisotopic (exact) mass is 270 g/mol. The number of nitrogens with two attached hydrogens (primary N) is 1. The third-order valence-electron chi connectivity index (χ3n) is 3.06. The van der Waals surface area contributed by atoms with E-state index in [-0.39, 0.29) is 24.9 Å².